The molecule has 0 aliphatic carbocycles. The lowest BCUT2D eigenvalue weighted by Crippen LogP contribution is -2.01. The van der Waals surface area contributed by atoms with E-state index in [0.717, 1.165) is 5.56 Å². The summed E-state index contributed by atoms with van der Waals surface area (Å²) < 4.78 is 5.06. The monoisotopic (exact) mass is 260 g/mol. The fourth-order valence-corrected chi connectivity index (χ4v) is 2.02. The van der Waals surface area contributed by atoms with E-state index in [1.54, 1.807) is 31.4 Å². The highest BCUT2D eigenvalue weighted by molar-refractivity contribution is 6.32. The van der Waals surface area contributed by atoms with Crippen molar-refractivity contribution in [1.82, 2.24) is 0 Å². The molecule has 0 unspecified atom stereocenters. The third-order valence-corrected chi connectivity index (χ3v) is 2.99. The van der Waals surface area contributed by atoms with Gasteiger partial charge in [-0.3, -0.25) is 4.79 Å². The Bertz CT molecular complexity index is 591. The SMILES string of the molecule is COc1ccc(C(=O)c2cccc(C)c2)cc1Cl. The summed E-state index contributed by atoms with van der Waals surface area (Å²) in [6.07, 6.45) is 0. The van der Waals surface area contributed by atoms with Crippen molar-refractivity contribution in [3.8, 4) is 5.75 Å². The first-order valence-electron chi connectivity index (χ1n) is 5.56. The smallest absolute Gasteiger partial charge is 0.193 e. The van der Waals surface area contributed by atoms with Gasteiger partial charge in [0.05, 0.1) is 12.1 Å². The van der Waals surface area contributed by atoms with Crippen LogP contribution >= 0.6 is 11.6 Å². The van der Waals surface area contributed by atoms with Gasteiger partial charge in [-0.05, 0) is 31.2 Å². The summed E-state index contributed by atoms with van der Waals surface area (Å²) in [5, 5.41) is 0.441. The van der Waals surface area contributed by atoms with E-state index in [9.17, 15) is 4.79 Å². The lowest BCUT2D eigenvalue weighted by atomic mass is 10.0. The van der Waals surface area contributed by atoms with Gasteiger partial charge in [0, 0.05) is 11.1 Å². The molecule has 0 fully saturated rings. The van der Waals surface area contributed by atoms with E-state index in [1.165, 1.54) is 0 Å². The number of halogens is 1. The van der Waals surface area contributed by atoms with Crippen LogP contribution in [0.25, 0.3) is 0 Å². The van der Waals surface area contributed by atoms with Gasteiger partial charge >= 0.3 is 0 Å². The van der Waals surface area contributed by atoms with Crippen LogP contribution in [0.15, 0.2) is 42.5 Å². The molecule has 0 saturated heterocycles. The molecule has 0 spiro atoms. The van der Waals surface area contributed by atoms with Crippen LogP contribution in [0.4, 0.5) is 0 Å². The molecule has 0 heterocycles. The van der Waals surface area contributed by atoms with Gasteiger partial charge in [0.1, 0.15) is 5.75 Å². The molecule has 92 valence electrons. The molecule has 2 aromatic carbocycles. The second-order valence-electron chi connectivity index (χ2n) is 4.05. The topological polar surface area (TPSA) is 26.3 Å². The predicted molar refractivity (Wildman–Crippen MR) is 72.6 cm³/mol. The molecule has 18 heavy (non-hydrogen) atoms. The quantitative estimate of drug-likeness (QED) is 0.783. The summed E-state index contributed by atoms with van der Waals surface area (Å²) in [5.41, 5.74) is 2.28. The first-order valence-corrected chi connectivity index (χ1v) is 5.94. The molecular weight excluding hydrogens is 248 g/mol. The van der Waals surface area contributed by atoms with Crippen LogP contribution in [0.5, 0.6) is 5.75 Å². The first-order chi connectivity index (χ1) is 8.61. The number of ether oxygens (including phenoxy) is 1. The molecular formula is C15H13ClO2. The molecule has 2 aromatic rings. The number of ketones is 1. The molecule has 0 amide bonds. The number of benzene rings is 2. The zero-order chi connectivity index (χ0) is 13.1. The van der Waals surface area contributed by atoms with E-state index in [4.69, 9.17) is 16.3 Å². The average Bonchev–Trinajstić information content (AvgIpc) is 2.37. The maximum Gasteiger partial charge on any atom is 0.193 e. The Labute approximate surface area is 111 Å². The summed E-state index contributed by atoms with van der Waals surface area (Å²) in [6, 6.07) is 12.5. The lowest BCUT2D eigenvalue weighted by molar-refractivity contribution is 0.103. The van der Waals surface area contributed by atoms with Crippen molar-refractivity contribution in [1.29, 1.82) is 0 Å². The molecule has 0 atom stereocenters. The number of aryl methyl sites for hydroxylation is 1. The molecule has 0 saturated carbocycles. The van der Waals surface area contributed by atoms with Gasteiger partial charge in [0.25, 0.3) is 0 Å². The van der Waals surface area contributed by atoms with Crippen molar-refractivity contribution in [3.63, 3.8) is 0 Å². The molecule has 0 bridgehead atoms. The fourth-order valence-electron chi connectivity index (χ4n) is 1.76. The summed E-state index contributed by atoms with van der Waals surface area (Å²) >= 11 is 6.02. The zero-order valence-corrected chi connectivity index (χ0v) is 11.0. The normalized spacial score (nSPS) is 10.2. The highest BCUT2D eigenvalue weighted by Crippen LogP contribution is 2.26. The summed E-state index contributed by atoms with van der Waals surface area (Å²) in [6.45, 7) is 1.96. The zero-order valence-electron chi connectivity index (χ0n) is 10.2. The van der Waals surface area contributed by atoms with Crippen molar-refractivity contribution in [2.75, 3.05) is 7.11 Å². The van der Waals surface area contributed by atoms with E-state index < -0.39 is 0 Å². The van der Waals surface area contributed by atoms with E-state index in [2.05, 4.69) is 0 Å². The number of rotatable bonds is 3. The number of carbonyl (C=O) groups is 1. The van der Waals surface area contributed by atoms with Crippen LogP contribution in [0.3, 0.4) is 0 Å². The second kappa shape index (κ2) is 5.23. The number of methoxy groups -OCH3 is 1. The third-order valence-electron chi connectivity index (χ3n) is 2.69. The standard InChI is InChI=1S/C15H13ClO2/c1-10-4-3-5-11(8-10)15(17)12-6-7-14(18-2)13(16)9-12/h3-9H,1-2H3. The largest absolute Gasteiger partial charge is 0.495 e. The van der Waals surface area contributed by atoms with Gasteiger partial charge in [-0.15, -0.1) is 0 Å². The molecule has 3 heteroatoms. The molecule has 0 aliphatic rings. The van der Waals surface area contributed by atoms with Gasteiger partial charge < -0.3 is 4.74 Å². The van der Waals surface area contributed by atoms with Gasteiger partial charge in [0.15, 0.2) is 5.78 Å². The summed E-state index contributed by atoms with van der Waals surface area (Å²) in [5.74, 6) is 0.528. The Morgan fingerprint density at radius 1 is 1.11 bits per heavy atom. The van der Waals surface area contributed by atoms with E-state index >= 15 is 0 Å². The number of hydrogen-bond acceptors (Lipinski definition) is 2. The second-order valence-corrected chi connectivity index (χ2v) is 4.46. The Hall–Kier alpha value is -1.80. The molecule has 0 N–H and O–H groups in total. The Morgan fingerprint density at radius 2 is 1.83 bits per heavy atom. The highest BCUT2D eigenvalue weighted by Gasteiger charge is 2.11. The van der Waals surface area contributed by atoms with Gasteiger partial charge in [-0.25, -0.2) is 0 Å². The van der Waals surface area contributed by atoms with Crippen molar-refractivity contribution in [2.24, 2.45) is 0 Å². The van der Waals surface area contributed by atoms with Crippen LogP contribution < -0.4 is 4.74 Å². The van der Waals surface area contributed by atoms with E-state index in [1.807, 2.05) is 25.1 Å². The van der Waals surface area contributed by atoms with Gasteiger partial charge in [0.2, 0.25) is 0 Å². The summed E-state index contributed by atoms with van der Waals surface area (Å²) in [4.78, 5) is 12.3. The predicted octanol–water partition coefficient (Wildman–Crippen LogP) is 3.89. The molecule has 0 radical (unpaired) electrons. The van der Waals surface area contributed by atoms with Crippen molar-refractivity contribution < 1.29 is 9.53 Å². The third kappa shape index (κ3) is 2.54. The maximum atomic E-state index is 12.3. The Morgan fingerprint density at radius 3 is 2.44 bits per heavy atom. The molecule has 0 aromatic heterocycles. The first kappa shape index (κ1) is 12.7. The van der Waals surface area contributed by atoms with Crippen molar-refractivity contribution >= 4 is 17.4 Å². The average molecular weight is 261 g/mol. The lowest BCUT2D eigenvalue weighted by Gasteiger charge is -2.06. The Kier molecular flexibility index (Phi) is 3.68. The van der Waals surface area contributed by atoms with Crippen LogP contribution in [-0.4, -0.2) is 12.9 Å². The van der Waals surface area contributed by atoms with Crippen LogP contribution in [0, 0.1) is 6.92 Å². The fraction of sp³-hybridized carbons (Fsp3) is 0.133. The minimum atomic E-state index is -0.0387. The van der Waals surface area contributed by atoms with Crippen LogP contribution in [0.1, 0.15) is 21.5 Å². The number of carbonyl (C=O) groups excluding carboxylic acids is 1. The van der Waals surface area contributed by atoms with Crippen LogP contribution in [0.2, 0.25) is 5.02 Å². The van der Waals surface area contributed by atoms with Gasteiger partial charge in [-0.2, -0.15) is 0 Å². The van der Waals surface area contributed by atoms with Gasteiger partial charge in [-0.1, -0.05) is 35.4 Å². The minimum absolute atomic E-state index is 0.0387. The maximum absolute atomic E-state index is 12.3. The minimum Gasteiger partial charge on any atom is -0.495 e. The molecule has 0 aliphatic heterocycles. The van der Waals surface area contributed by atoms with E-state index in [0.29, 0.717) is 21.9 Å². The van der Waals surface area contributed by atoms with E-state index in [-0.39, 0.29) is 5.78 Å². The Balaban J connectivity index is 2.37. The van der Waals surface area contributed by atoms with Crippen LogP contribution in [-0.2, 0) is 0 Å². The molecule has 2 nitrogen and oxygen atoms in total. The highest BCUT2D eigenvalue weighted by atomic mass is 35.5. The van der Waals surface area contributed by atoms with Crippen molar-refractivity contribution in [2.45, 2.75) is 6.92 Å². The van der Waals surface area contributed by atoms with Crippen molar-refractivity contribution in [3.05, 3.63) is 64.2 Å². The summed E-state index contributed by atoms with van der Waals surface area (Å²) in [7, 11) is 1.54. The number of hydrogen-bond donors (Lipinski definition) is 0. The molecule has 2 rings (SSSR count).